The monoisotopic (exact) mass is 919 g/mol. The van der Waals surface area contributed by atoms with Gasteiger partial charge in [-0.2, -0.15) is 15.0 Å². The Morgan fingerprint density at radius 2 is 0.833 bits per heavy atom. The summed E-state index contributed by atoms with van der Waals surface area (Å²) >= 11 is 0. The highest BCUT2D eigenvalue weighted by molar-refractivity contribution is 6.26. The molecule has 0 amide bonds. The lowest BCUT2D eigenvalue weighted by atomic mass is 10.0. The number of aromatic nitrogens is 7. The fourth-order valence-electron chi connectivity index (χ4n) is 11.9. The van der Waals surface area contributed by atoms with Gasteiger partial charge in [-0.25, -0.2) is 0 Å². The van der Waals surface area contributed by atoms with E-state index in [2.05, 4.69) is 243 Å². The second-order valence-electron chi connectivity index (χ2n) is 19.1. The smallest absolute Gasteiger partial charge is 0.240 e. The Kier molecular flexibility index (Phi) is 8.16. The summed E-state index contributed by atoms with van der Waals surface area (Å²) in [4.78, 5) is 17.0. The molecule has 0 saturated carbocycles. The van der Waals surface area contributed by atoms with Crippen LogP contribution >= 0.6 is 0 Å². The van der Waals surface area contributed by atoms with Crippen molar-refractivity contribution in [2.24, 2.45) is 0 Å². The van der Waals surface area contributed by atoms with E-state index in [1.807, 2.05) is 0 Å². The number of hydrogen-bond donors (Lipinski definition) is 0. The maximum Gasteiger partial charge on any atom is 0.240 e. The van der Waals surface area contributed by atoms with Crippen LogP contribution < -0.4 is 0 Å². The topological polar surface area (TPSA) is 58.4 Å². The van der Waals surface area contributed by atoms with E-state index in [0.717, 1.165) is 101 Å². The van der Waals surface area contributed by atoms with Crippen molar-refractivity contribution in [3.63, 3.8) is 0 Å². The molecule has 0 radical (unpaired) electrons. The third-order valence-corrected chi connectivity index (χ3v) is 15.1. The van der Waals surface area contributed by atoms with Crippen molar-refractivity contribution < 1.29 is 0 Å². The largest absolute Gasteiger partial charge is 0.307 e. The summed E-state index contributed by atoms with van der Waals surface area (Å²) in [6.45, 7) is 0. The number of nitrogens with zero attached hydrogens (tertiary/aromatic N) is 7. The van der Waals surface area contributed by atoms with Crippen molar-refractivity contribution in [2.45, 2.75) is 12.8 Å². The van der Waals surface area contributed by atoms with Gasteiger partial charge in [0.25, 0.3) is 0 Å². The third kappa shape index (κ3) is 5.58. The van der Waals surface area contributed by atoms with E-state index in [0.29, 0.717) is 17.7 Å². The molecular formula is C65H41N7. The van der Waals surface area contributed by atoms with Crippen molar-refractivity contribution in [1.29, 1.82) is 0 Å². The Hall–Kier alpha value is -9.59. The summed E-state index contributed by atoms with van der Waals surface area (Å²) in [5, 5.41) is 9.33. The number of allylic oxidation sites excluding steroid dienone is 6. The first-order chi connectivity index (χ1) is 35.7. The van der Waals surface area contributed by atoms with Crippen LogP contribution in [0.2, 0.25) is 0 Å². The fraction of sp³-hybridized carbons (Fsp3) is 0.0308. The molecule has 5 heterocycles. The molecule has 2 aliphatic carbocycles. The zero-order valence-corrected chi connectivity index (χ0v) is 38.9. The molecule has 0 spiro atoms. The summed E-state index contributed by atoms with van der Waals surface area (Å²) in [5.41, 5.74) is 16.9. The van der Waals surface area contributed by atoms with Gasteiger partial charge in [0.1, 0.15) is 0 Å². The zero-order valence-electron chi connectivity index (χ0n) is 38.9. The fourth-order valence-corrected chi connectivity index (χ4v) is 11.9. The van der Waals surface area contributed by atoms with Gasteiger partial charge in [-0.1, -0.05) is 188 Å². The highest BCUT2D eigenvalue weighted by Gasteiger charge is 2.30. The van der Waals surface area contributed by atoms with Gasteiger partial charge < -0.3 is 9.13 Å². The molecule has 0 unspecified atom stereocenters. The first-order valence-corrected chi connectivity index (χ1v) is 24.7. The summed E-state index contributed by atoms with van der Waals surface area (Å²) < 4.78 is 9.56. The van der Waals surface area contributed by atoms with Crippen LogP contribution in [0.5, 0.6) is 0 Å². The van der Waals surface area contributed by atoms with Gasteiger partial charge in [0.15, 0.2) is 5.82 Å². The van der Waals surface area contributed by atoms with Crippen molar-refractivity contribution >= 4 is 92.9 Å². The number of benzene rings is 9. The number of rotatable bonds is 6. The summed E-state index contributed by atoms with van der Waals surface area (Å²) in [6, 6.07) is 70.0. The lowest BCUT2D eigenvalue weighted by molar-refractivity contribution is 0.893. The van der Waals surface area contributed by atoms with Crippen LogP contribution in [0, 0.1) is 0 Å². The molecule has 336 valence electrons. The minimum absolute atomic E-state index is 0.549. The van der Waals surface area contributed by atoms with E-state index >= 15 is 0 Å². The molecule has 2 aliphatic rings. The molecule has 5 aromatic heterocycles. The average molecular weight is 920 g/mol. The van der Waals surface area contributed by atoms with E-state index in [1.165, 1.54) is 38.1 Å². The molecule has 0 aliphatic heterocycles. The summed E-state index contributed by atoms with van der Waals surface area (Å²) in [5.74, 6) is 1.71. The van der Waals surface area contributed by atoms with Crippen molar-refractivity contribution in [2.75, 3.05) is 0 Å². The molecule has 0 saturated heterocycles. The minimum Gasteiger partial charge on any atom is -0.307 e. The van der Waals surface area contributed by atoms with Crippen molar-refractivity contribution in [3.8, 4) is 40.1 Å². The van der Waals surface area contributed by atoms with E-state index < -0.39 is 0 Å². The van der Waals surface area contributed by atoms with Crippen LogP contribution in [0.1, 0.15) is 17.5 Å². The molecule has 0 bridgehead atoms. The molecule has 16 rings (SSSR count). The van der Waals surface area contributed by atoms with Crippen LogP contribution in [0.25, 0.3) is 133 Å². The summed E-state index contributed by atoms with van der Waals surface area (Å²) in [7, 11) is 0. The first-order valence-electron chi connectivity index (χ1n) is 24.7. The second-order valence-corrected chi connectivity index (χ2v) is 19.1. The zero-order chi connectivity index (χ0) is 47.0. The SMILES string of the molecule is C1=CCC=C(n2c3ccccc3c3ccc4c5ccccc5n(-c5nc(-c6ccc(-c7ccccc7)cc6)nc(-n6c7c8c(ccc7c7ccc9c%10ccccc%10n(-c%10ccccc%10)c9c76)C8)n5)c4c32)C=C1. The predicted molar refractivity (Wildman–Crippen MR) is 297 cm³/mol. The summed E-state index contributed by atoms with van der Waals surface area (Å²) in [6.07, 6.45) is 12.8. The van der Waals surface area contributed by atoms with Crippen molar-refractivity contribution in [3.05, 3.63) is 236 Å². The number of para-hydroxylation sites is 4. The molecule has 0 N–H and O–H groups in total. The lowest BCUT2D eigenvalue weighted by Crippen LogP contribution is -2.11. The highest BCUT2D eigenvalue weighted by atomic mass is 15.3. The van der Waals surface area contributed by atoms with Gasteiger partial charge in [0, 0.05) is 66.5 Å². The lowest BCUT2D eigenvalue weighted by Gasteiger charge is -2.15. The van der Waals surface area contributed by atoms with Gasteiger partial charge in [-0.15, -0.1) is 0 Å². The van der Waals surface area contributed by atoms with Gasteiger partial charge >= 0.3 is 0 Å². The highest BCUT2D eigenvalue weighted by Crippen LogP contribution is 2.47. The van der Waals surface area contributed by atoms with E-state index in [1.54, 1.807) is 0 Å². The van der Waals surface area contributed by atoms with Crippen LogP contribution in [-0.4, -0.2) is 33.2 Å². The maximum absolute atomic E-state index is 5.80. The normalized spacial score (nSPS) is 13.4. The average Bonchev–Trinajstić information content (AvgIpc) is 3.88. The van der Waals surface area contributed by atoms with Crippen LogP contribution in [0.4, 0.5) is 0 Å². The quantitative estimate of drug-likeness (QED) is 0.167. The molecule has 9 aromatic carbocycles. The minimum atomic E-state index is 0.549. The van der Waals surface area contributed by atoms with Gasteiger partial charge in [0.2, 0.25) is 11.9 Å². The Morgan fingerprint density at radius 1 is 0.347 bits per heavy atom. The third-order valence-electron chi connectivity index (χ3n) is 15.1. The standard InChI is InChI=1S/C65H41N7/c1-2-8-20-44(19-7-1)69-55-26-14-11-23-46(55)49-35-36-51-48-25-13-16-28-57(48)71(61(51)59(49)69)64-66-63(42-31-29-41(30-32-42)40-17-5-3-6-18-40)67-65(68-64)72-58-52(34-33-43-39-54(43)58)53-38-37-50-47-24-12-15-27-56(47)70(60(50)62(53)72)45-21-9-4-10-22-45/h1-7,9-38H,8,39H2. The Morgan fingerprint density at radius 3 is 1.51 bits per heavy atom. The van der Waals surface area contributed by atoms with Gasteiger partial charge in [0.05, 0.1) is 44.1 Å². The first kappa shape index (κ1) is 39.3. The number of fused-ring (bicyclic) bond motifs is 16. The second kappa shape index (κ2) is 15.0. The molecule has 7 nitrogen and oxygen atoms in total. The molecule has 14 aromatic rings. The van der Waals surface area contributed by atoms with Gasteiger partial charge in [-0.05, 0) is 65.1 Å². The van der Waals surface area contributed by atoms with Crippen molar-refractivity contribution in [1.82, 2.24) is 33.2 Å². The van der Waals surface area contributed by atoms with E-state index in [9.17, 15) is 0 Å². The van der Waals surface area contributed by atoms with Crippen LogP contribution in [-0.2, 0) is 6.42 Å². The molecule has 72 heavy (non-hydrogen) atoms. The van der Waals surface area contributed by atoms with Crippen LogP contribution in [0.15, 0.2) is 225 Å². The molecule has 0 fully saturated rings. The Bertz CT molecular complexity index is 4710. The molecule has 7 heteroatoms. The Balaban J connectivity index is 1.07. The molecular weight excluding hydrogens is 879 g/mol. The predicted octanol–water partition coefficient (Wildman–Crippen LogP) is 15.9. The maximum atomic E-state index is 5.80. The van der Waals surface area contributed by atoms with E-state index in [4.69, 9.17) is 15.0 Å². The molecule has 0 atom stereocenters. The number of hydrogen-bond acceptors (Lipinski definition) is 3. The Labute approximate surface area is 412 Å². The van der Waals surface area contributed by atoms with E-state index in [-0.39, 0.29) is 0 Å². The van der Waals surface area contributed by atoms with Crippen LogP contribution in [0.3, 0.4) is 0 Å². The van der Waals surface area contributed by atoms with Gasteiger partial charge in [-0.3, -0.25) is 9.13 Å².